The molecule has 0 aliphatic carbocycles. The smallest absolute Gasteiger partial charge is 0.323 e. The van der Waals surface area contributed by atoms with Crippen LogP contribution in [0.2, 0.25) is 0 Å². The fraction of sp³-hybridized carbons (Fsp3) is 0.545. The van der Waals surface area contributed by atoms with Crippen LogP contribution < -0.4 is 5.32 Å². The lowest BCUT2D eigenvalue weighted by molar-refractivity contribution is -0.144. The van der Waals surface area contributed by atoms with Crippen molar-refractivity contribution in [2.75, 3.05) is 0 Å². The Kier molecular flexibility index (Phi) is 5.22. The fourth-order valence-corrected chi connectivity index (χ4v) is 2.19. The highest BCUT2D eigenvalue weighted by molar-refractivity contribution is 9.13. The van der Waals surface area contributed by atoms with Crippen LogP contribution in [0.25, 0.3) is 0 Å². The van der Waals surface area contributed by atoms with Crippen LogP contribution in [-0.4, -0.2) is 16.6 Å². The number of hydrogen-bond donors (Lipinski definition) is 2. The van der Waals surface area contributed by atoms with Crippen LogP contribution in [-0.2, 0) is 11.3 Å². The minimum atomic E-state index is -0.916. The molecular formula is C11H15Br2NO3. The molecule has 0 bridgehead atoms. The van der Waals surface area contributed by atoms with E-state index in [0.717, 1.165) is 10.9 Å². The van der Waals surface area contributed by atoms with Crippen molar-refractivity contribution >= 4 is 37.8 Å². The van der Waals surface area contributed by atoms with Gasteiger partial charge in [-0.25, -0.2) is 0 Å². The van der Waals surface area contributed by atoms with Crippen molar-refractivity contribution in [3.05, 3.63) is 21.0 Å². The largest absolute Gasteiger partial charge is 0.480 e. The molecule has 1 rings (SSSR count). The highest BCUT2D eigenvalue weighted by atomic mass is 79.9. The molecule has 0 spiro atoms. The molecule has 0 radical (unpaired) electrons. The first-order chi connectivity index (χ1) is 7.89. The lowest BCUT2D eigenvalue weighted by Gasteiger charge is -2.25. The summed E-state index contributed by atoms with van der Waals surface area (Å²) in [7, 11) is 0. The molecule has 0 saturated heterocycles. The molecule has 96 valence electrons. The molecule has 17 heavy (non-hydrogen) atoms. The summed E-state index contributed by atoms with van der Waals surface area (Å²) in [5.41, 5.74) is -0.916. The first-order valence-electron chi connectivity index (χ1n) is 5.31. The summed E-state index contributed by atoms with van der Waals surface area (Å²) in [6.07, 6.45) is 1.38. The van der Waals surface area contributed by atoms with E-state index < -0.39 is 11.5 Å². The second-order valence-electron chi connectivity index (χ2n) is 4.08. The van der Waals surface area contributed by atoms with E-state index >= 15 is 0 Å². The molecule has 1 unspecified atom stereocenters. The van der Waals surface area contributed by atoms with Gasteiger partial charge in [0.05, 0.1) is 11.0 Å². The van der Waals surface area contributed by atoms with Gasteiger partial charge in [0, 0.05) is 0 Å². The van der Waals surface area contributed by atoms with Crippen LogP contribution >= 0.6 is 31.9 Å². The average Bonchev–Trinajstić information content (AvgIpc) is 2.56. The molecule has 0 aromatic carbocycles. The zero-order chi connectivity index (χ0) is 13.1. The summed E-state index contributed by atoms with van der Waals surface area (Å²) in [5.74, 6) is -0.156. The van der Waals surface area contributed by atoms with Crippen molar-refractivity contribution in [2.24, 2.45) is 0 Å². The van der Waals surface area contributed by atoms with Crippen LogP contribution in [0, 0.1) is 0 Å². The number of carboxylic acids is 1. The number of aliphatic carboxylic acids is 1. The summed E-state index contributed by atoms with van der Waals surface area (Å²) < 4.78 is 6.82. The third kappa shape index (κ3) is 3.82. The first-order valence-corrected chi connectivity index (χ1v) is 6.90. The highest BCUT2D eigenvalue weighted by Crippen LogP contribution is 2.27. The van der Waals surface area contributed by atoms with Crippen molar-refractivity contribution in [3.63, 3.8) is 0 Å². The Hall–Kier alpha value is -0.330. The number of carboxylic acid groups (broad SMARTS) is 1. The second-order valence-corrected chi connectivity index (χ2v) is 5.65. The number of rotatable bonds is 6. The zero-order valence-electron chi connectivity index (χ0n) is 9.72. The van der Waals surface area contributed by atoms with Gasteiger partial charge in [-0.3, -0.25) is 10.1 Å². The maximum Gasteiger partial charge on any atom is 0.323 e. The molecular weight excluding hydrogens is 354 g/mol. The zero-order valence-corrected chi connectivity index (χ0v) is 12.9. The summed E-state index contributed by atoms with van der Waals surface area (Å²) in [5, 5.41) is 12.2. The number of carbonyl (C=O) groups is 1. The van der Waals surface area contributed by atoms with E-state index in [4.69, 9.17) is 4.42 Å². The molecule has 4 nitrogen and oxygen atoms in total. The van der Waals surface area contributed by atoms with E-state index in [1.807, 2.05) is 13.0 Å². The van der Waals surface area contributed by atoms with Gasteiger partial charge in [0.1, 0.15) is 11.3 Å². The summed E-state index contributed by atoms with van der Waals surface area (Å²) in [6.45, 7) is 4.03. The Balaban J connectivity index is 2.67. The van der Waals surface area contributed by atoms with Gasteiger partial charge in [-0.2, -0.15) is 0 Å². The molecule has 0 aliphatic heterocycles. The molecule has 0 fully saturated rings. The van der Waals surface area contributed by atoms with E-state index in [-0.39, 0.29) is 0 Å². The van der Waals surface area contributed by atoms with Gasteiger partial charge in [-0.1, -0.05) is 13.3 Å². The van der Waals surface area contributed by atoms with E-state index in [2.05, 4.69) is 37.2 Å². The molecule has 1 atom stereocenters. The first kappa shape index (κ1) is 14.7. The van der Waals surface area contributed by atoms with Gasteiger partial charge in [-0.05, 0) is 51.3 Å². The van der Waals surface area contributed by atoms with Gasteiger partial charge in [-0.15, -0.1) is 0 Å². The molecule has 1 aromatic rings. The Morgan fingerprint density at radius 2 is 2.24 bits per heavy atom. The second kappa shape index (κ2) is 6.02. The third-order valence-corrected chi connectivity index (χ3v) is 4.28. The van der Waals surface area contributed by atoms with Crippen molar-refractivity contribution in [2.45, 2.75) is 38.8 Å². The minimum absolute atomic E-state index is 0.382. The Bertz CT molecular complexity index is 386. The summed E-state index contributed by atoms with van der Waals surface area (Å²) in [4.78, 5) is 11.2. The standard InChI is InChI=1S/C11H15Br2NO3/c1-3-4-11(2,10(15)16)14-6-7-5-8(12)9(13)17-7/h5,14H,3-4,6H2,1-2H3,(H,15,16). The maximum absolute atomic E-state index is 11.2. The molecule has 0 amide bonds. The van der Waals surface area contributed by atoms with Gasteiger partial charge in [0.25, 0.3) is 0 Å². The van der Waals surface area contributed by atoms with Crippen molar-refractivity contribution in [3.8, 4) is 0 Å². The van der Waals surface area contributed by atoms with Crippen molar-refractivity contribution in [1.82, 2.24) is 5.32 Å². The van der Waals surface area contributed by atoms with Crippen LogP contribution in [0.15, 0.2) is 19.6 Å². The lowest BCUT2D eigenvalue weighted by Crippen LogP contribution is -2.48. The quantitative estimate of drug-likeness (QED) is 0.806. The SMILES string of the molecule is CCCC(C)(NCc1cc(Br)c(Br)o1)C(=O)O. The Morgan fingerprint density at radius 3 is 2.65 bits per heavy atom. The van der Waals surface area contributed by atoms with E-state index in [1.54, 1.807) is 6.92 Å². The monoisotopic (exact) mass is 367 g/mol. The predicted octanol–water partition coefficient (Wildman–Crippen LogP) is 3.54. The molecule has 1 heterocycles. The van der Waals surface area contributed by atoms with E-state index in [0.29, 0.717) is 23.4 Å². The van der Waals surface area contributed by atoms with Gasteiger partial charge in [0.15, 0.2) is 4.67 Å². The average molecular weight is 369 g/mol. The molecule has 0 aliphatic rings. The normalized spacial score (nSPS) is 14.6. The Labute approximate surface area is 117 Å². The van der Waals surface area contributed by atoms with Gasteiger partial charge in [0.2, 0.25) is 0 Å². The van der Waals surface area contributed by atoms with Gasteiger partial charge < -0.3 is 9.52 Å². The lowest BCUT2D eigenvalue weighted by atomic mass is 9.96. The van der Waals surface area contributed by atoms with E-state index in [9.17, 15) is 9.90 Å². The van der Waals surface area contributed by atoms with Crippen LogP contribution in [0.4, 0.5) is 0 Å². The summed E-state index contributed by atoms with van der Waals surface area (Å²) in [6, 6.07) is 1.81. The molecule has 2 N–H and O–H groups in total. The predicted molar refractivity (Wildman–Crippen MR) is 71.9 cm³/mol. The van der Waals surface area contributed by atoms with Crippen LogP contribution in [0.3, 0.4) is 0 Å². The highest BCUT2D eigenvalue weighted by Gasteiger charge is 2.31. The molecule has 6 heteroatoms. The minimum Gasteiger partial charge on any atom is -0.480 e. The van der Waals surface area contributed by atoms with Gasteiger partial charge >= 0.3 is 5.97 Å². The Morgan fingerprint density at radius 1 is 1.59 bits per heavy atom. The number of halogens is 2. The van der Waals surface area contributed by atoms with E-state index in [1.165, 1.54) is 0 Å². The number of nitrogens with one attached hydrogen (secondary N) is 1. The van der Waals surface area contributed by atoms with Crippen LogP contribution in [0.5, 0.6) is 0 Å². The third-order valence-electron chi connectivity index (χ3n) is 2.57. The number of furan rings is 1. The topological polar surface area (TPSA) is 62.5 Å². The number of hydrogen-bond acceptors (Lipinski definition) is 3. The molecule has 1 aromatic heterocycles. The fourth-order valence-electron chi connectivity index (χ4n) is 1.53. The molecule has 0 saturated carbocycles. The van der Waals surface area contributed by atoms with Crippen molar-refractivity contribution < 1.29 is 14.3 Å². The summed E-state index contributed by atoms with van der Waals surface area (Å²) >= 11 is 6.55. The van der Waals surface area contributed by atoms with Crippen LogP contribution in [0.1, 0.15) is 32.4 Å². The maximum atomic E-state index is 11.2. The van der Waals surface area contributed by atoms with Crippen molar-refractivity contribution in [1.29, 1.82) is 0 Å².